The quantitative estimate of drug-likeness (QED) is 0.433. The van der Waals surface area contributed by atoms with Gasteiger partial charge < -0.3 is 0 Å². The Morgan fingerprint density at radius 2 is 1.36 bits per heavy atom. The number of thiophene rings is 1. The molecule has 8 heteroatoms. The molecule has 0 saturated heterocycles. The van der Waals surface area contributed by atoms with Gasteiger partial charge in [-0.15, -0.1) is 11.3 Å². The van der Waals surface area contributed by atoms with Crippen LogP contribution in [0.25, 0.3) is 11.1 Å². The molecule has 0 radical (unpaired) electrons. The third kappa shape index (κ3) is 2.03. The molecule has 0 atom stereocenters. The van der Waals surface area contributed by atoms with Crippen molar-refractivity contribution in [2.45, 2.75) is 6.18 Å². The third-order valence-corrected chi connectivity index (χ3v) is 5.85. The van der Waals surface area contributed by atoms with Crippen LogP contribution in [0.2, 0.25) is 0 Å². The Kier molecular flexibility index (Phi) is 3.25. The number of ketones is 1. The summed E-state index contributed by atoms with van der Waals surface area (Å²) in [5, 5.41) is 1.56. The monoisotopic (exact) mass is 399 g/mol. The van der Waals surface area contributed by atoms with Crippen LogP contribution in [-0.2, 0) is 6.18 Å². The maximum Gasteiger partial charge on any atom is 0.417 e. The lowest BCUT2D eigenvalue weighted by Crippen LogP contribution is -2.29. The summed E-state index contributed by atoms with van der Waals surface area (Å²) in [6, 6.07) is 9.76. The average molecular weight is 399 g/mol. The van der Waals surface area contributed by atoms with E-state index < -0.39 is 34.9 Å². The molecule has 3 aromatic rings. The van der Waals surface area contributed by atoms with E-state index in [9.17, 15) is 27.6 Å². The molecule has 2 aliphatic rings. The van der Waals surface area contributed by atoms with E-state index in [2.05, 4.69) is 0 Å². The van der Waals surface area contributed by atoms with Crippen molar-refractivity contribution in [3.63, 3.8) is 0 Å². The molecule has 0 bridgehead atoms. The fraction of sp³-hybridized carbons (Fsp3) is 0.0500. The number of anilines is 1. The van der Waals surface area contributed by atoms with Crippen molar-refractivity contribution < 1.29 is 27.6 Å². The van der Waals surface area contributed by atoms with Crippen LogP contribution in [0.15, 0.2) is 47.8 Å². The molecule has 2 aromatic carbocycles. The lowest BCUT2D eigenvalue weighted by atomic mass is 10.0. The van der Waals surface area contributed by atoms with Gasteiger partial charge in [0.2, 0.25) is 0 Å². The number of halogens is 3. The standard InChI is InChI=1S/C20H8F3NO3S/c21-20(22,23)13-7-3-6-9-12-8-28-19(15(12)16(25)14(9)13)24-17(26)10-4-1-2-5-11(10)18(24)27/h1-8H. The number of benzene rings is 2. The van der Waals surface area contributed by atoms with Crippen LogP contribution in [0.1, 0.15) is 42.2 Å². The van der Waals surface area contributed by atoms with Crippen molar-refractivity contribution in [2.75, 3.05) is 4.90 Å². The highest BCUT2D eigenvalue weighted by Gasteiger charge is 2.45. The van der Waals surface area contributed by atoms with Crippen molar-refractivity contribution in [3.8, 4) is 11.1 Å². The van der Waals surface area contributed by atoms with E-state index in [0.717, 1.165) is 22.3 Å². The van der Waals surface area contributed by atoms with Crippen LogP contribution in [0, 0.1) is 0 Å². The second-order valence-electron chi connectivity index (χ2n) is 6.38. The summed E-state index contributed by atoms with van der Waals surface area (Å²) in [6.45, 7) is 0. The van der Waals surface area contributed by atoms with Crippen LogP contribution in [0.4, 0.5) is 18.2 Å². The van der Waals surface area contributed by atoms with E-state index in [1.165, 1.54) is 29.6 Å². The SMILES string of the molecule is O=C1c2c(cccc2C(F)(F)F)-c2csc(N3C(=O)c4ccccc4C3=O)c21. The lowest BCUT2D eigenvalue weighted by molar-refractivity contribution is -0.137. The van der Waals surface area contributed by atoms with Crippen molar-refractivity contribution in [1.82, 2.24) is 0 Å². The first-order valence-corrected chi connectivity index (χ1v) is 9.03. The summed E-state index contributed by atoms with van der Waals surface area (Å²) in [4.78, 5) is 39.3. The molecule has 0 spiro atoms. The lowest BCUT2D eigenvalue weighted by Gasteiger charge is -2.14. The van der Waals surface area contributed by atoms with Crippen molar-refractivity contribution in [1.29, 1.82) is 0 Å². The number of hydrogen-bond acceptors (Lipinski definition) is 4. The first-order chi connectivity index (χ1) is 13.3. The molecule has 4 nitrogen and oxygen atoms in total. The summed E-state index contributed by atoms with van der Waals surface area (Å²) in [6.07, 6.45) is -4.69. The van der Waals surface area contributed by atoms with E-state index in [0.29, 0.717) is 5.56 Å². The third-order valence-electron chi connectivity index (χ3n) is 4.88. The highest BCUT2D eigenvalue weighted by atomic mass is 32.1. The number of rotatable bonds is 1. The van der Waals surface area contributed by atoms with Crippen LogP contribution in [0.3, 0.4) is 0 Å². The molecule has 1 aromatic heterocycles. The number of imide groups is 1. The zero-order valence-electron chi connectivity index (χ0n) is 13.8. The number of carbonyl (C=O) groups excluding carboxylic acids is 3. The summed E-state index contributed by atoms with van der Waals surface area (Å²) < 4.78 is 40.1. The molecule has 0 N–H and O–H groups in total. The van der Waals surface area contributed by atoms with E-state index in [1.807, 2.05) is 0 Å². The van der Waals surface area contributed by atoms with Crippen LogP contribution < -0.4 is 4.90 Å². The van der Waals surface area contributed by atoms with Gasteiger partial charge in [-0.25, -0.2) is 4.90 Å². The highest BCUT2D eigenvalue weighted by molar-refractivity contribution is 7.15. The van der Waals surface area contributed by atoms with Gasteiger partial charge in [0, 0.05) is 16.5 Å². The van der Waals surface area contributed by atoms with Crippen molar-refractivity contribution in [2.24, 2.45) is 0 Å². The zero-order valence-corrected chi connectivity index (χ0v) is 14.6. The van der Waals surface area contributed by atoms with Gasteiger partial charge in [0.25, 0.3) is 11.8 Å². The molecular formula is C20H8F3NO3S. The fourth-order valence-electron chi connectivity index (χ4n) is 3.69. The predicted molar refractivity (Wildman–Crippen MR) is 95.8 cm³/mol. The normalized spacial score (nSPS) is 15.1. The van der Waals surface area contributed by atoms with Crippen LogP contribution in [-0.4, -0.2) is 17.6 Å². The Bertz CT molecular complexity index is 1190. The number of carbonyl (C=O) groups is 3. The number of alkyl halides is 3. The molecule has 138 valence electrons. The van der Waals surface area contributed by atoms with E-state index >= 15 is 0 Å². The predicted octanol–water partition coefficient (Wildman–Crippen LogP) is 4.78. The maximum absolute atomic E-state index is 13.4. The number of amides is 2. The first kappa shape index (κ1) is 16.9. The summed E-state index contributed by atoms with van der Waals surface area (Å²) >= 11 is 0.990. The Morgan fingerprint density at radius 1 is 0.750 bits per heavy atom. The topological polar surface area (TPSA) is 54.5 Å². The number of fused-ring (bicyclic) bond motifs is 4. The Morgan fingerprint density at radius 3 is 1.96 bits per heavy atom. The second kappa shape index (κ2) is 5.39. The minimum Gasteiger partial charge on any atom is -0.288 e. The van der Waals surface area contributed by atoms with Gasteiger partial charge in [0.05, 0.1) is 22.3 Å². The maximum atomic E-state index is 13.4. The van der Waals surface area contributed by atoms with E-state index in [4.69, 9.17) is 0 Å². The van der Waals surface area contributed by atoms with Gasteiger partial charge in [0.1, 0.15) is 5.00 Å². The van der Waals surface area contributed by atoms with Crippen molar-refractivity contribution >= 4 is 33.9 Å². The highest BCUT2D eigenvalue weighted by Crippen LogP contribution is 2.50. The summed E-state index contributed by atoms with van der Waals surface area (Å²) in [5.41, 5.74) is -0.625. The summed E-state index contributed by atoms with van der Waals surface area (Å²) in [7, 11) is 0. The molecule has 5 rings (SSSR count). The van der Waals surface area contributed by atoms with Gasteiger partial charge in [-0.05, 0) is 23.8 Å². The van der Waals surface area contributed by atoms with Gasteiger partial charge >= 0.3 is 6.18 Å². The van der Waals surface area contributed by atoms with Crippen LogP contribution >= 0.6 is 11.3 Å². The fourth-order valence-corrected chi connectivity index (χ4v) is 4.75. The van der Waals surface area contributed by atoms with E-state index in [1.54, 1.807) is 12.1 Å². The summed E-state index contributed by atoms with van der Waals surface area (Å²) in [5.74, 6) is -2.01. The molecule has 0 unspecified atom stereocenters. The average Bonchev–Trinajstić information content (AvgIpc) is 3.28. The smallest absolute Gasteiger partial charge is 0.288 e. The van der Waals surface area contributed by atoms with Gasteiger partial charge in [-0.3, -0.25) is 14.4 Å². The molecule has 2 amide bonds. The second-order valence-corrected chi connectivity index (χ2v) is 7.23. The molecule has 0 saturated carbocycles. The molecule has 28 heavy (non-hydrogen) atoms. The molecule has 1 aliphatic heterocycles. The minimum absolute atomic E-state index is 0.0359. The van der Waals surface area contributed by atoms with E-state index in [-0.39, 0.29) is 27.3 Å². The van der Waals surface area contributed by atoms with Gasteiger partial charge in [0.15, 0.2) is 5.78 Å². The minimum atomic E-state index is -4.69. The Balaban J connectivity index is 1.69. The largest absolute Gasteiger partial charge is 0.417 e. The Hall–Kier alpha value is -3.26. The molecule has 1 aliphatic carbocycles. The zero-order chi connectivity index (χ0) is 19.8. The molecule has 2 heterocycles. The van der Waals surface area contributed by atoms with Gasteiger partial charge in [-0.2, -0.15) is 13.2 Å². The number of nitrogens with zero attached hydrogens (tertiary/aromatic N) is 1. The number of hydrogen-bond donors (Lipinski definition) is 0. The van der Waals surface area contributed by atoms with Crippen LogP contribution in [0.5, 0.6) is 0 Å². The van der Waals surface area contributed by atoms with Gasteiger partial charge in [-0.1, -0.05) is 24.3 Å². The van der Waals surface area contributed by atoms with Crippen molar-refractivity contribution in [3.05, 3.63) is 75.7 Å². The molecular weight excluding hydrogens is 391 g/mol. The Labute approximate surface area is 159 Å². The first-order valence-electron chi connectivity index (χ1n) is 8.15. The molecule has 0 fully saturated rings.